The van der Waals surface area contributed by atoms with E-state index in [2.05, 4.69) is 6.92 Å². The van der Waals surface area contributed by atoms with Crippen molar-refractivity contribution >= 4 is 17.5 Å². The zero-order chi connectivity index (χ0) is 13.1. The first-order valence-electron chi connectivity index (χ1n) is 6.28. The van der Waals surface area contributed by atoms with Crippen molar-refractivity contribution in [3.63, 3.8) is 0 Å². The fraction of sp³-hybridized carbons (Fsp3) is 0.500. The lowest BCUT2D eigenvalue weighted by molar-refractivity contribution is -0.132. The molecule has 0 spiro atoms. The Hall–Kier alpha value is -1.09. The molecule has 4 heteroatoms. The van der Waals surface area contributed by atoms with E-state index in [1.165, 1.54) is 6.07 Å². The average molecular weight is 270 g/mol. The van der Waals surface area contributed by atoms with Crippen LogP contribution >= 0.6 is 11.6 Å². The first-order chi connectivity index (χ1) is 8.58. The third kappa shape index (κ3) is 3.02. The molecular formula is C14H17ClFNO. The molecule has 1 fully saturated rings. The molecule has 18 heavy (non-hydrogen) atoms. The molecule has 0 N–H and O–H groups in total. The van der Waals surface area contributed by atoms with Gasteiger partial charge in [0, 0.05) is 23.7 Å². The van der Waals surface area contributed by atoms with Crippen molar-refractivity contribution < 1.29 is 9.18 Å². The van der Waals surface area contributed by atoms with E-state index in [9.17, 15) is 9.18 Å². The summed E-state index contributed by atoms with van der Waals surface area (Å²) in [5, 5.41) is 0.327. The van der Waals surface area contributed by atoms with Crippen LogP contribution in [0.2, 0.25) is 5.02 Å². The van der Waals surface area contributed by atoms with Gasteiger partial charge in [0.1, 0.15) is 5.82 Å². The quantitative estimate of drug-likeness (QED) is 0.807. The van der Waals surface area contributed by atoms with Crippen LogP contribution < -0.4 is 0 Å². The first-order valence-corrected chi connectivity index (χ1v) is 6.66. The topological polar surface area (TPSA) is 20.3 Å². The van der Waals surface area contributed by atoms with Crippen LogP contribution in [0.3, 0.4) is 0 Å². The number of rotatable bonds is 2. The van der Waals surface area contributed by atoms with Crippen LogP contribution in [0.4, 0.5) is 4.39 Å². The molecule has 0 saturated carbocycles. The second kappa shape index (κ2) is 5.70. The molecule has 1 heterocycles. The van der Waals surface area contributed by atoms with Crippen LogP contribution in [-0.4, -0.2) is 23.9 Å². The van der Waals surface area contributed by atoms with Gasteiger partial charge in [-0.3, -0.25) is 4.79 Å². The third-order valence-electron chi connectivity index (χ3n) is 3.40. The van der Waals surface area contributed by atoms with Crippen LogP contribution in [0.5, 0.6) is 0 Å². The highest BCUT2D eigenvalue weighted by Crippen LogP contribution is 2.22. The van der Waals surface area contributed by atoms with Crippen LogP contribution in [0.25, 0.3) is 0 Å². The Bertz CT molecular complexity index is 429. The summed E-state index contributed by atoms with van der Waals surface area (Å²) < 4.78 is 13.6. The van der Waals surface area contributed by atoms with Crippen LogP contribution in [0.1, 0.15) is 25.3 Å². The van der Waals surface area contributed by atoms with E-state index in [0.29, 0.717) is 16.5 Å². The van der Waals surface area contributed by atoms with Gasteiger partial charge in [-0.1, -0.05) is 24.6 Å². The van der Waals surface area contributed by atoms with Gasteiger partial charge < -0.3 is 4.90 Å². The maximum absolute atomic E-state index is 13.6. The second-order valence-electron chi connectivity index (χ2n) is 4.96. The van der Waals surface area contributed by atoms with Crippen LogP contribution in [0.15, 0.2) is 18.2 Å². The van der Waals surface area contributed by atoms with Gasteiger partial charge >= 0.3 is 0 Å². The predicted octanol–water partition coefficient (Wildman–Crippen LogP) is 3.28. The molecule has 1 unspecified atom stereocenters. The van der Waals surface area contributed by atoms with E-state index in [4.69, 9.17) is 11.6 Å². The van der Waals surface area contributed by atoms with Gasteiger partial charge in [0.25, 0.3) is 0 Å². The monoisotopic (exact) mass is 269 g/mol. The van der Waals surface area contributed by atoms with Crippen molar-refractivity contribution in [2.24, 2.45) is 5.92 Å². The summed E-state index contributed by atoms with van der Waals surface area (Å²) in [6, 6.07) is 4.51. The summed E-state index contributed by atoms with van der Waals surface area (Å²) in [4.78, 5) is 13.9. The van der Waals surface area contributed by atoms with E-state index in [1.54, 1.807) is 12.1 Å². The Balaban J connectivity index is 2.07. The minimum absolute atomic E-state index is 0.0337. The largest absolute Gasteiger partial charge is 0.342 e. The lowest BCUT2D eigenvalue weighted by Gasteiger charge is -2.31. The van der Waals surface area contributed by atoms with Crippen molar-refractivity contribution in [1.82, 2.24) is 4.90 Å². The number of carbonyl (C=O) groups excluding carboxylic acids is 1. The number of piperidine rings is 1. The molecule has 1 aliphatic rings. The number of nitrogens with zero attached hydrogens (tertiary/aromatic N) is 1. The Labute approximate surface area is 112 Å². The second-order valence-corrected chi connectivity index (χ2v) is 5.37. The molecule has 2 nitrogen and oxygen atoms in total. The molecule has 1 saturated heterocycles. The molecule has 0 radical (unpaired) electrons. The molecule has 1 aromatic rings. The summed E-state index contributed by atoms with van der Waals surface area (Å²) in [7, 11) is 0. The minimum atomic E-state index is -0.402. The number of hydrogen-bond donors (Lipinski definition) is 0. The van der Waals surface area contributed by atoms with Crippen LogP contribution in [-0.2, 0) is 11.2 Å². The normalized spacial score (nSPS) is 19.9. The van der Waals surface area contributed by atoms with Crippen molar-refractivity contribution in [2.45, 2.75) is 26.2 Å². The van der Waals surface area contributed by atoms with Gasteiger partial charge in [0.2, 0.25) is 5.91 Å². The number of carbonyl (C=O) groups is 1. The maximum Gasteiger partial charge on any atom is 0.227 e. The summed E-state index contributed by atoms with van der Waals surface area (Å²) in [6.07, 6.45) is 2.24. The van der Waals surface area contributed by atoms with E-state index in [0.717, 1.165) is 25.9 Å². The molecule has 1 aromatic carbocycles. The van der Waals surface area contributed by atoms with Crippen LogP contribution in [0, 0.1) is 11.7 Å². The Morgan fingerprint density at radius 3 is 3.00 bits per heavy atom. The standard InChI is InChI=1S/C14H17ClFNO/c1-10-4-3-7-17(9-10)14(18)8-11-12(15)5-2-6-13(11)16/h2,5-6,10H,3-4,7-9H2,1H3. The summed E-state index contributed by atoms with van der Waals surface area (Å²) in [5.74, 6) is 0.0910. The Morgan fingerprint density at radius 2 is 2.33 bits per heavy atom. The molecule has 0 bridgehead atoms. The molecule has 0 aliphatic carbocycles. The molecule has 0 aromatic heterocycles. The summed E-state index contributed by atoms with van der Waals surface area (Å²) in [5.41, 5.74) is 0.308. The SMILES string of the molecule is CC1CCCN(C(=O)Cc2c(F)cccc2Cl)C1. The first kappa shape index (κ1) is 13.3. The summed E-state index contributed by atoms with van der Waals surface area (Å²) in [6.45, 7) is 3.68. The number of amides is 1. The molecule has 98 valence electrons. The number of benzene rings is 1. The van der Waals surface area contributed by atoms with Gasteiger partial charge in [-0.15, -0.1) is 0 Å². The lowest BCUT2D eigenvalue weighted by Crippen LogP contribution is -2.40. The minimum Gasteiger partial charge on any atom is -0.342 e. The molecule has 1 aliphatic heterocycles. The zero-order valence-electron chi connectivity index (χ0n) is 10.5. The maximum atomic E-state index is 13.6. The highest BCUT2D eigenvalue weighted by atomic mass is 35.5. The Morgan fingerprint density at radius 1 is 1.56 bits per heavy atom. The zero-order valence-corrected chi connectivity index (χ0v) is 11.2. The Kier molecular flexibility index (Phi) is 4.23. The van der Waals surface area contributed by atoms with E-state index in [-0.39, 0.29) is 12.3 Å². The van der Waals surface area contributed by atoms with Crippen molar-refractivity contribution in [2.75, 3.05) is 13.1 Å². The molecule has 1 amide bonds. The van der Waals surface area contributed by atoms with E-state index >= 15 is 0 Å². The number of likely N-dealkylation sites (tertiary alicyclic amines) is 1. The van der Waals surface area contributed by atoms with Gasteiger partial charge in [-0.05, 0) is 30.9 Å². The number of hydrogen-bond acceptors (Lipinski definition) is 1. The van der Waals surface area contributed by atoms with Crippen molar-refractivity contribution in [1.29, 1.82) is 0 Å². The van der Waals surface area contributed by atoms with Crippen molar-refractivity contribution in [3.05, 3.63) is 34.6 Å². The van der Waals surface area contributed by atoms with Crippen molar-refractivity contribution in [3.8, 4) is 0 Å². The van der Waals surface area contributed by atoms with Gasteiger partial charge in [0.15, 0.2) is 0 Å². The van der Waals surface area contributed by atoms with Gasteiger partial charge in [-0.25, -0.2) is 4.39 Å². The van der Waals surface area contributed by atoms with Gasteiger partial charge in [-0.2, -0.15) is 0 Å². The molecule has 1 atom stereocenters. The third-order valence-corrected chi connectivity index (χ3v) is 3.75. The highest BCUT2D eigenvalue weighted by molar-refractivity contribution is 6.31. The van der Waals surface area contributed by atoms with E-state index in [1.807, 2.05) is 4.90 Å². The highest BCUT2D eigenvalue weighted by Gasteiger charge is 2.22. The van der Waals surface area contributed by atoms with Gasteiger partial charge in [0.05, 0.1) is 6.42 Å². The number of halogens is 2. The average Bonchev–Trinajstić information content (AvgIpc) is 2.34. The smallest absolute Gasteiger partial charge is 0.227 e. The van der Waals surface area contributed by atoms with E-state index < -0.39 is 5.82 Å². The fourth-order valence-corrected chi connectivity index (χ4v) is 2.61. The molecule has 2 rings (SSSR count). The summed E-state index contributed by atoms with van der Waals surface area (Å²) >= 11 is 5.93. The fourth-order valence-electron chi connectivity index (χ4n) is 2.38. The molecular weight excluding hydrogens is 253 g/mol. The predicted molar refractivity (Wildman–Crippen MR) is 70.1 cm³/mol. The lowest BCUT2D eigenvalue weighted by atomic mass is 9.99.